The smallest absolute Gasteiger partial charge is 0.304 e. The first kappa shape index (κ1) is 23.5. The zero-order chi connectivity index (χ0) is 24.0. The molecule has 4 fully saturated rings. The van der Waals surface area contributed by atoms with E-state index in [2.05, 4.69) is 0 Å². The third kappa shape index (κ3) is 4.51. The Bertz CT molecular complexity index is 970. The first-order valence-electron chi connectivity index (χ1n) is 12.3. The van der Waals surface area contributed by atoms with Crippen molar-refractivity contribution in [2.75, 3.05) is 0 Å². The van der Waals surface area contributed by atoms with Crippen molar-refractivity contribution in [1.82, 2.24) is 4.90 Å². The largest absolute Gasteiger partial charge is 0.456 e. The highest BCUT2D eigenvalue weighted by Crippen LogP contribution is 2.62. The molecule has 1 aromatic carbocycles. The minimum absolute atomic E-state index is 0.0673. The Morgan fingerprint density at radius 3 is 1.94 bits per heavy atom. The highest BCUT2D eigenvalue weighted by molar-refractivity contribution is 8.01. The molecular weight excluding hydrogens is 450 g/mol. The normalized spacial score (nSPS) is 36.1. The minimum atomic E-state index is -0.829. The second-order valence-corrected chi connectivity index (χ2v) is 12.2. The van der Waals surface area contributed by atoms with Crippen LogP contribution in [-0.2, 0) is 23.9 Å². The summed E-state index contributed by atoms with van der Waals surface area (Å²) >= 11 is 1.81. The lowest BCUT2D eigenvalue weighted by molar-refractivity contribution is -0.162. The molecule has 0 N–H and O–H groups in total. The Hall–Kier alpha value is -2.28. The summed E-state index contributed by atoms with van der Waals surface area (Å²) in [7, 11) is 0. The standard InChI is InChI=1S/C27H33NO5S/c1-16(29)28-15-23(22-7-5-4-6-8-22)24(32-17(2)30)25(26(28)33-18(3)31)34-27-12-19-9-20(13-27)11-21(10-19)14-27/h4-8,15,19-21,24-26H,9-14H2,1-3H3/t19?,20?,21?,24-,25+,26-,27?/m0/s1. The van der Waals surface area contributed by atoms with Crippen molar-refractivity contribution in [2.24, 2.45) is 17.8 Å². The Kier molecular flexibility index (Phi) is 6.25. The van der Waals surface area contributed by atoms with Crippen molar-refractivity contribution in [1.29, 1.82) is 0 Å². The molecule has 4 aliphatic carbocycles. The topological polar surface area (TPSA) is 72.9 Å². The number of esters is 2. The maximum atomic E-state index is 12.8. The molecule has 5 aliphatic rings. The third-order valence-corrected chi connectivity index (χ3v) is 9.61. The average molecular weight is 484 g/mol. The molecule has 34 heavy (non-hydrogen) atoms. The van der Waals surface area contributed by atoms with Gasteiger partial charge in [-0.1, -0.05) is 30.3 Å². The van der Waals surface area contributed by atoms with E-state index in [1.807, 2.05) is 42.1 Å². The van der Waals surface area contributed by atoms with Crippen LogP contribution >= 0.6 is 11.8 Å². The number of thioether (sulfide) groups is 1. The molecule has 1 aliphatic heterocycles. The number of amides is 1. The highest BCUT2D eigenvalue weighted by atomic mass is 32.2. The number of hydrogen-bond donors (Lipinski definition) is 0. The Morgan fingerprint density at radius 2 is 1.44 bits per heavy atom. The van der Waals surface area contributed by atoms with Crippen molar-refractivity contribution in [3.05, 3.63) is 42.1 Å². The molecule has 6 rings (SSSR count). The van der Waals surface area contributed by atoms with Gasteiger partial charge in [0.05, 0.1) is 0 Å². The van der Waals surface area contributed by atoms with Gasteiger partial charge in [0.15, 0.2) is 6.23 Å². The molecule has 0 unspecified atom stereocenters. The Balaban J connectivity index is 1.58. The molecule has 0 spiro atoms. The molecule has 182 valence electrons. The molecular formula is C27H33NO5S. The molecule has 1 amide bonds. The van der Waals surface area contributed by atoms with Crippen LogP contribution in [0.4, 0.5) is 0 Å². The molecule has 3 atom stereocenters. The molecule has 4 saturated carbocycles. The van der Waals surface area contributed by atoms with Crippen molar-refractivity contribution in [3.63, 3.8) is 0 Å². The Morgan fingerprint density at radius 1 is 0.882 bits per heavy atom. The third-order valence-electron chi connectivity index (χ3n) is 7.86. The first-order valence-corrected chi connectivity index (χ1v) is 13.2. The number of hydrogen-bond acceptors (Lipinski definition) is 6. The van der Waals surface area contributed by atoms with E-state index in [1.54, 1.807) is 6.20 Å². The zero-order valence-corrected chi connectivity index (χ0v) is 20.9. The fourth-order valence-electron chi connectivity index (χ4n) is 7.11. The van der Waals surface area contributed by atoms with Gasteiger partial charge in [0, 0.05) is 37.3 Å². The van der Waals surface area contributed by atoms with E-state index >= 15 is 0 Å². The summed E-state index contributed by atoms with van der Waals surface area (Å²) in [6.45, 7) is 4.25. The predicted octanol–water partition coefficient (Wildman–Crippen LogP) is 4.78. The van der Waals surface area contributed by atoms with Gasteiger partial charge < -0.3 is 9.47 Å². The van der Waals surface area contributed by atoms with Crippen LogP contribution in [0.25, 0.3) is 5.57 Å². The van der Waals surface area contributed by atoms with Gasteiger partial charge in [0.1, 0.15) is 11.4 Å². The van der Waals surface area contributed by atoms with Gasteiger partial charge in [-0.15, -0.1) is 11.8 Å². The fraction of sp³-hybridized carbons (Fsp3) is 0.593. The molecule has 1 heterocycles. The maximum Gasteiger partial charge on any atom is 0.304 e. The van der Waals surface area contributed by atoms with E-state index in [0.29, 0.717) is 0 Å². The summed E-state index contributed by atoms with van der Waals surface area (Å²) in [5, 5.41) is -0.409. The van der Waals surface area contributed by atoms with E-state index in [0.717, 1.165) is 48.2 Å². The second-order valence-electron chi connectivity index (χ2n) is 10.6. The van der Waals surface area contributed by atoms with E-state index in [4.69, 9.17) is 9.47 Å². The number of ether oxygens (including phenoxy) is 2. The summed E-state index contributed by atoms with van der Waals surface area (Å²) < 4.78 is 11.8. The van der Waals surface area contributed by atoms with Gasteiger partial charge in [0.25, 0.3) is 0 Å². The summed E-state index contributed by atoms with van der Waals surface area (Å²) in [5.41, 5.74) is 1.65. The van der Waals surface area contributed by atoms with Crippen LogP contribution in [0.5, 0.6) is 0 Å². The zero-order valence-electron chi connectivity index (χ0n) is 20.1. The summed E-state index contributed by atoms with van der Waals surface area (Å²) in [4.78, 5) is 38.8. The SMILES string of the molecule is CC(=O)O[C@H]1C(c2ccccc2)=CN(C(C)=O)[C@@H](OC(C)=O)[C@@H]1SC12CC3CC(CC(C3)C1)C2. The predicted molar refractivity (Wildman–Crippen MR) is 130 cm³/mol. The first-order chi connectivity index (χ1) is 16.2. The quantitative estimate of drug-likeness (QED) is 0.561. The van der Waals surface area contributed by atoms with Crippen molar-refractivity contribution in [2.45, 2.75) is 81.6 Å². The number of nitrogens with zero attached hydrogens (tertiary/aromatic N) is 1. The van der Waals surface area contributed by atoms with Gasteiger partial charge in [-0.2, -0.15) is 0 Å². The number of carbonyl (C=O) groups is 3. The van der Waals surface area contributed by atoms with Crippen LogP contribution < -0.4 is 0 Å². The van der Waals surface area contributed by atoms with Gasteiger partial charge >= 0.3 is 11.9 Å². The molecule has 1 aromatic rings. The van der Waals surface area contributed by atoms with E-state index in [-0.39, 0.29) is 16.6 Å². The Labute approximate surface area is 205 Å². The van der Waals surface area contributed by atoms with Gasteiger partial charge in [0.2, 0.25) is 5.91 Å². The van der Waals surface area contributed by atoms with Crippen molar-refractivity contribution < 1.29 is 23.9 Å². The van der Waals surface area contributed by atoms with Crippen LogP contribution in [0.1, 0.15) is 64.9 Å². The van der Waals surface area contributed by atoms with Crippen LogP contribution in [-0.4, -0.2) is 45.1 Å². The van der Waals surface area contributed by atoms with E-state index in [1.165, 1.54) is 44.9 Å². The lowest BCUT2D eigenvalue weighted by atomic mass is 9.56. The number of carbonyl (C=O) groups excluding carboxylic acids is 3. The monoisotopic (exact) mass is 483 g/mol. The maximum absolute atomic E-state index is 12.8. The van der Waals surface area contributed by atoms with Gasteiger partial charge in [-0.3, -0.25) is 19.3 Å². The average Bonchev–Trinajstić information content (AvgIpc) is 2.74. The molecule has 0 radical (unpaired) electrons. The fourth-order valence-corrected chi connectivity index (χ4v) is 9.31. The van der Waals surface area contributed by atoms with Crippen LogP contribution in [0.3, 0.4) is 0 Å². The molecule has 6 nitrogen and oxygen atoms in total. The van der Waals surface area contributed by atoms with E-state index < -0.39 is 23.6 Å². The summed E-state index contributed by atoms with van der Waals surface area (Å²) in [5.74, 6) is 1.18. The van der Waals surface area contributed by atoms with Gasteiger partial charge in [-0.05, 0) is 61.8 Å². The minimum Gasteiger partial charge on any atom is -0.456 e. The highest BCUT2D eigenvalue weighted by Gasteiger charge is 2.55. The molecule has 0 aromatic heterocycles. The van der Waals surface area contributed by atoms with E-state index in [9.17, 15) is 14.4 Å². The van der Waals surface area contributed by atoms with Crippen LogP contribution in [0, 0.1) is 17.8 Å². The van der Waals surface area contributed by atoms with Crippen molar-refractivity contribution >= 4 is 35.2 Å². The van der Waals surface area contributed by atoms with Gasteiger partial charge in [-0.25, -0.2) is 0 Å². The number of benzene rings is 1. The lowest BCUT2D eigenvalue weighted by Crippen LogP contribution is -2.57. The van der Waals surface area contributed by atoms with Crippen LogP contribution in [0.2, 0.25) is 0 Å². The second kappa shape index (κ2) is 9.06. The molecule has 4 bridgehead atoms. The summed E-state index contributed by atoms with van der Waals surface area (Å²) in [6, 6.07) is 9.70. The molecule has 7 heteroatoms. The summed E-state index contributed by atoms with van der Waals surface area (Å²) in [6.07, 6.45) is 7.64. The van der Waals surface area contributed by atoms with Crippen LogP contribution in [0.15, 0.2) is 36.5 Å². The number of rotatable bonds is 5. The lowest BCUT2D eigenvalue weighted by Gasteiger charge is -2.58. The molecule has 0 saturated heterocycles. The van der Waals surface area contributed by atoms with Crippen molar-refractivity contribution in [3.8, 4) is 0 Å².